The maximum absolute atomic E-state index is 13.3. The first-order valence-electron chi connectivity index (χ1n) is 10.2. The number of fused-ring (bicyclic) bond motifs is 4. The molecule has 1 N–H and O–H groups in total. The monoisotopic (exact) mass is 451 g/mol. The van der Waals surface area contributed by atoms with Crippen LogP contribution in [0.3, 0.4) is 0 Å². The van der Waals surface area contributed by atoms with Crippen molar-refractivity contribution >= 4 is 33.2 Å². The largest absolute Gasteiger partial charge is 0.366 e. The first-order chi connectivity index (χ1) is 15.4. The van der Waals surface area contributed by atoms with Crippen molar-refractivity contribution in [3.8, 4) is 11.3 Å². The number of rotatable bonds is 3. The van der Waals surface area contributed by atoms with E-state index in [4.69, 9.17) is 4.98 Å². The number of carbonyl (C=O) groups is 1. The van der Waals surface area contributed by atoms with E-state index < -0.39 is 9.84 Å². The van der Waals surface area contributed by atoms with Gasteiger partial charge in [-0.25, -0.2) is 28.2 Å². The number of aromatic nitrogens is 4. The predicted molar refractivity (Wildman–Crippen MR) is 119 cm³/mol. The van der Waals surface area contributed by atoms with Crippen LogP contribution in [0.4, 0.5) is 22.1 Å². The summed E-state index contributed by atoms with van der Waals surface area (Å²) in [4.78, 5) is 34.1. The fraction of sp³-hybridized carbons (Fsp3) is 0.286. The van der Waals surface area contributed by atoms with E-state index in [9.17, 15) is 13.2 Å². The van der Waals surface area contributed by atoms with E-state index in [1.807, 2.05) is 12.1 Å². The van der Waals surface area contributed by atoms with Gasteiger partial charge in [-0.15, -0.1) is 0 Å². The third-order valence-corrected chi connectivity index (χ3v) is 6.74. The van der Waals surface area contributed by atoms with Crippen LogP contribution in [-0.4, -0.2) is 59.8 Å². The minimum absolute atomic E-state index is 0.0266. The molecule has 0 aromatic carbocycles. The Bertz CT molecular complexity index is 1280. The van der Waals surface area contributed by atoms with E-state index in [1.54, 1.807) is 29.4 Å². The molecule has 2 aliphatic rings. The van der Waals surface area contributed by atoms with Crippen LogP contribution in [0.2, 0.25) is 0 Å². The molecule has 0 unspecified atom stereocenters. The van der Waals surface area contributed by atoms with Crippen molar-refractivity contribution < 1.29 is 13.2 Å². The van der Waals surface area contributed by atoms with Crippen LogP contribution < -0.4 is 15.1 Å². The number of nitrogens with one attached hydrogen (secondary N) is 1. The molecule has 0 radical (unpaired) electrons. The zero-order chi connectivity index (χ0) is 22.3. The standard InChI is InChI=1S/C21H21N7O3S/c1-32(30,31)16-9-14(10-23-11-16)17-4-5-18-20(25-17)28(15-3-2-8-27(18)12-15)21(29)26-19-6-7-22-13-24-19/h4-7,9-11,13,15H,2-3,8,12H2,1H3,(H,22,24,26,29)/t15-/m0/s1. The van der Waals surface area contributed by atoms with E-state index in [2.05, 4.69) is 25.2 Å². The van der Waals surface area contributed by atoms with E-state index in [1.165, 1.54) is 12.5 Å². The lowest BCUT2D eigenvalue weighted by atomic mass is 9.99. The number of hydrogen-bond acceptors (Lipinski definition) is 8. The zero-order valence-electron chi connectivity index (χ0n) is 17.3. The van der Waals surface area contributed by atoms with Gasteiger partial charge in [0.2, 0.25) is 0 Å². The molecule has 3 aromatic heterocycles. The van der Waals surface area contributed by atoms with E-state index in [0.29, 0.717) is 22.9 Å². The Kier molecular flexibility index (Phi) is 4.97. The first-order valence-corrected chi connectivity index (χ1v) is 12.1. The number of anilines is 3. The van der Waals surface area contributed by atoms with E-state index in [-0.39, 0.29) is 17.0 Å². The number of nitrogens with zero attached hydrogens (tertiary/aromatic N) is 6. The summed E-state index contributed by atoms with van der Waals surface area (Å²) in [5.41, 5.74) is 1.98. The van der Waals surface area contributed by atoms with Gasteiger partial charge in [0.05, 0.1) is 22.3 Å². The highest BCUT2D eigenvalue weighted by molar-refractivity contribution is 7.90. The Hall–Kier alpha value is -3.60. The van der Waals surface area contributed by atoms with Gasteiger partial charge in [0.25, 0.3) is 0 Å². The number of hydrogen-bond donors (Lipinski definition) is 1. The molecule has 3 aromatic rings. The van der Waals surface area contributed by atoms with Crippen molar-refractivity contribution in [3.05, 3.63) is 49.2 Å². The highest BCUT2D eigenvalue weighted by Gasteiger charge is 2.38. The van der Waals surface area contributed by atoms with E-state index >= 15 is 0 Å². The molecule has 1 fully saturated rings. The summed E-state index contributed by atoms with van der Waals surface area (Å²) in [5.74, 6) is 0.945. The SMILES string of the molecule is CS(=O)(=O)c1cncc(-c2ccc3c(n2)N(C(=O)Nc2ccncn2)[C@H]2CCCN3C2)c1. The number of carbonyl (C=O) groups excluding carboxylic acids is 1. The maximum atomic E-state index is 13.3. The highest BCUT2D eigenvalue weighted by Crippen LogP contribution is 2.39. The Labute approximate surface area is 185 Å². The molecule has 11 heteroatoms. The lowest BCUT2D eigenvalue weighted by molar-refractivity contribution is 0.252. The van der Waals surface area contributed by atoms with Gasteiger partial charge in [0.15, 0.2) is 15.7 Å². The molecule has 5 rings (SSSR count). The number of pyridine rings is 2. The molecule has 5 heterocycles. The van der Waals surface area contributed by atoms with Crippen LogP contribution in [-0.2, 0) is 9.84 Å². The fourth-order valence-corrected chi connectivity index (χ4v) is 4.73. The summed E-state index contributed by atoms with van der Waals surface area (Å²) in [6.45, 7) is 1.63. The molecule has 2 amide bonds. The summed E-state index contributed by atoms with van der Waals surface area (Å²) in [5, 5.41) is 2.83. The van der Waals surface area contributed by atoms with Gasteiger partial charge in [0, 0.05) is 43.5 Å². The van der Waals surface area contributed by atoms with Gasteiger partial charge >= 0.3 is 6.03 Å². The average Bonchev–Trinajstić information content (AvgIpc) is 2.79. The van der Waals surface area contributed by atoms with Gasteiger partial charge in [-0.2, -0.15) is 0 Å². The number of sulfone groups is 1. The topological polar surface area (TPSA) is 121 Å². The average molecular weight is 452 g/mol. The van der Waals surface area contributed by atoms with Crippen molar-refractivity contribution in [1.29, 1.82) is 0 Å². The fourth-order valence-electron chi connectivity index (χ4n) is 4.14. The van der Waals surface area contributed by atoms with Gasteiger partial charge in [0.1, 0.15) is 12.1 Å². The Morgan fingerprint density at radius 1 is 1.19 bits per heavy atom. The second-order valence-electron chi connectivity index (χ2n) is 7.86. The summed E-state index contributed by atoms with van der Waals surface area (Å²) < 4.78 is 23.9. The van der Waals surface area contributed by atoms with Gasteiger partial charge in [-0.3, -0.25) is 15.2 Å². The van der Waals surface area contributed by atoms with Crippen LogP contribution in [0.25, 0.3) is 11.3 Å². The van der Waals surface area contributed by atoms with Crippen LogP contribution in [0.15, 0.2) is 54.1 Å². The molecule has 1 saturated heterocycles. The summed E-state index contributed by atoms with van der Waals surface area (Å²) in [7, 11) is -3.41. The molecule has 0 saturated carbocycles. The quantitative estimate of drug-likeness (QED) is 0.644. The van der Waals surface area contributed by atoms with E-state index in [0.717, 1.165) is 37.9 Å². The van der Waals surface area contributed by atoms with Crippen molar-refractivity contribution in [2.75, 3.05) is 34.5 Å². The molecule has 0 aliphatic carbocycles. The maximum Gasteiger partial charge on any atom is 0.329 e. The van der Waals surface area contributed by atoms with Gasteiger partial charge in [-0.1, -0.05) is 0 Å². The third kappa shape index (κ3) is 3.75. The van der Waals surface area contributed by atoms with Crippen LogP contribution in [0.5, 0.6) is 0 Å². The van der Waals surface area contributed by atoms with Crippen molar-refractivity contribution in [2.24, 2.45) is 0 Å². The molecule has 0 spiro atoms. The molecule has 2 bridgehead atoms. The smallest absolute Gasteiger partial charge is 0.329 e. The minimum atomic E-state index is -3.41. The van der Waals surface area contributed by atoms with Crippen molar-refractivity contribution in [2.45, 2.75) is 23.8 Å². The Morgan fingerprint density at radius 2 is 2.06 bits per heavy atom. The lowest BCUT2D eigenvalue weighted by Crippen LogP contribution is -2.56. The second kappa shape index (κ2) is 7.83. The third-order valence-electron chi connectivity index (χ3n) is 5.66. The molecule has 10 nitrogen and oxygen atoms in total. The summed E-state index contributed by atoms with van der Waals surface area (Å²) in [6, 6.07) is 6.59. The number of urea groups is 1. The molecular weight excluding hydrogens is 430 g/mol. The van der Waals surface area contributed by atoms with Crippen LogP contribution in [0, 0.1) is 0 Å². The number of piperidine rings is 1. The lowest BCUT2D eigenvalue weighted by Gasteiger charge is -2.45. The zero-order valence-corrected chi connectivity index (χ0v) is 18.2. The van der Waals surface area contributed by atoms with Crippen LogP contribution >= 0.6 is 0 Å². The molecule has 2 aliphatic heterocycles. The predicted octanol–water partition coefficient (Wildman–Crippen LogP) is 2.36. The Morgan fingerprint density at radius 3 is 2.84 bits per heavy atom. The molecule has 164 valence electrons. The van der Waals surface area contributed by atoms with Gasteiger partial charge < -0.3 is 4.90 Å². The molecule has 32 heavy (non-hydrogen) atoms. The summed E-state index contributed by atoms with van der Waals surface area (Å²) in [6.07, 6.45) is 8.80. The summed E-state index contributed by atoms with van der Waals surface area (Å²) >= 11 is 0. The normalized spacial score (nSPS) is 17.6. The Balaban J connectivity index is 1.57. The first kappa shape index (κ1) is 20.3. The minimum Gasteiger partial charge on any atom is -0.366 e. The van der Waals surface area contributed by atoms with Crippen molar-refractivity contribution in [1.82, 2.24) is 19.9 Å². The number of amides is 2. The molecular formula is C21H21N7O3S. The highest BCUT2D eigenvalue weighted by atomic mass is 32.2. The van der Waals surface area contributed by atoms with Crippen LogP contribution in [0.1, 0.15) is 12.8 Å². The van der Waals surface area contributed by atoms with Gasteiger partial charge in [-0.05, 0) is 37.1 Å². The second-order valence-corrected chi connectivity index (χ2v) is 9.87. The molecule has 1 atom stereocenters. The van der Waals surface area contributed by atoms with Crippen molar-refractivity contribution in [3.63, 3.8) is 0 Å².